The van der Waals surface area contributed by atoms with Crippen molar-refractivity contribution in [1.82, 2.24) is 5.16 Å². The summed E-state index contributed by atoms with van der Waals surface area (Å²) in [4.78, 5) is 15.5. The molecule has 0 saturated carbocycles. The van der Waals surface area contributed by atoms with E-state index >= 15 is 4.39 Å². The summed E-state index contributed by atoms with van der Waals surface area (Å²) in [5.41, 5.74) is 0.804. The van der Waals surface area contributed by atoms with Gasteiger partial charge < -0.3 is 28.4 Å². The van der Waals surface area contributed by atoms with Crippen LogP contribution in [0.4, 0.5) is 20.7 Å². The first kappa shape index (κ1) is 20.2. The number of carbonyl (C=O) groups excluding carboxylic acids is 1. The van der Waals surface area contributed by atoms with E-state index in [0.717, 1.165) is 0 Å². The molecule has 166 valence electrons. The van der Waals surface area contributed by atoms with E-state index < -0.39 is 18.2 Å². The van der Waals surface area contributed by atoms with Crippen molar-refractivity contribution in [2.45, 2.75) is 38.4 Å². The van der Waals surface area contributed by atoms with E-state index in [4.69, 9.17) is 23.5 Å². The molecule has 3 aliphatic rings. The Hall–Kier alpha value is -2.69. The number of fused-ring (bicyclic) bond motifs is 1. The van der Waals surface area contributed by atoms with Crippen molar-refractivity contribution in [2.75, 3.05) is 42.7 Å². The van der Waals surface area contributed by atoms with E-state index in [1.807, 2.05) is 18.7 Å². The van der Waals surface area contributed by atoms with Crippen LogP contribution in [-0.4, -0.2) is 62.4 Å². The third kappa shape index (κ3) is 3.35. The molecule has 0 unspecified atom stereocenters. The first-order chi connectivity index (χ1) is 15.0. The van der Waals surface area contributed by atoms with Gasteiger partial charge in [-0.15, -0.1) is 6.58 Å². The molecule has 3 saturated heterocycles. The molecular formula is C21H24FN3O6. The summed E-state index contributed by atoms with van der Waals surface area (Å²) in [6.07, 6.45) is 0.0463. The maximum atomic E-state index is 15.9. The van der Waals surface area contributed by atoms with Gasteiger partial charge in [-0.3, -0.25) is 4.90 Å². The van der Waals surface area contributed by atoms with Gasteiger partial charge in [0.05, 0.1) is 42.5 Å². The predicted molar refractivity (Wildman–Crippen MR) is 109 cm³/mol. The van der Waals surface area contributed by atoms with Gasteiger partial charge in [0.25, 0.3) is 0 Å². The number of hydrogen-bond acceptors (Lipinski definition) is 8. The van der Waals surface area contributed by atoms with Gasteiger partial charge in [0, 0.05) is 18.7 Å². The molecular weight excluding hydrogens is 409 g/mol. The second-order valence-electron chi connectivity index (χ2n) is 8.01. The molecule has 0 N–H and O–H groups in total. The Kier molecular flexibility index (Phi) is 5.07. The summed E-state index contributed by atoms with van der Waals surface area (Å²) >= 11 is 0. The highest BCUT2D eigenvalue weighted by Gasteiger charge is 2.38. The smallest absolute Gasteiger partial charge is 0.416 e. The van der Waals surface area contributed by atoms with Gasteiger partial charge in [0.1, 0.15) is 6.61 Å². The van der Waals surface area contributed by atoms with Crippen molar-refractivity contribution in [3.05, 3.63) is 30.1 Å². The number of aromatic nitrogens is 1. The van der Waals surface area contributed by atoms with Crippen LogP contribution in [0, 0.1) is 5.82 Å². The second-order valence-corrected chi connectivity index (χ2v) is 8.01. The average Bonchev–Trinajstić information content (AvgIpc) is 3.48. The van der Waals surface area contributed by atoms with E-state index in [2.05, 4.69) is 11.7 Å². The van der Waals surface area contributed by atoms with Crippen LogP contribution in [0.5, 0.6) is 0 Å². The molecule has 31 heavy (non-hydrogen) atoms. The average molecular weight is 433 g/mol. The summed E-state index contributed by atoms with van der Waals surface area (Å²) < 4.78 is 43.7. The molecule has 1 amide bonds. The zero-order valence-electron chi connectivity index (χ0n) is 17.4. The number of halogens is 1. The first-order valence-corrected chi connectivity index (χ1v) is 10.3. The Morgan fingerprint density at radius 2 is 2.03 bits per heavy atom. The number of cyclic esters (lactones) is 1. The molecule has 1 aromatic carbocycles. The molecule has 0 aliphatic carbocycles. The summed E-state index contributed by atoms with van der Waals surface area (Å²) in [5.74, 6) is -0.364. The lowest BCUT2D eigenvalue weighted by Crippen LogP contribution is -2.46. The third-order valence-corrected chi connectivity index (χ3v) is 5.74. The molecule has 3 aliphatic heterocycles. The summed E-state index contributed by atoms with van der Waals surface area (Å²) in [5, 5.41) is 4.37. The predicted octanol–water partition coefficient (Wildman–Crippen LogP) is 3.14. The number of ether oxygens (including phenoxy) is 4. The highest BCUT2D eigenvalue weighted by molar-refractivity contribution is 6.01. The van der Waals surface area contributed by atoms with Crippen molar-refractivity contribution in [3.63, 3.8) is 0 Å². The van der Waals surface area contributed by atoms with Crippen LogP contribution in [0.15, 0.2) is 23.2 Å². The third-order valence-electron chi connectivity index (χ3n) is 5.74. The molecule has 2 aromatic rings. The number of nitrogens with zero attached hydrogens (tertiary/aromatic N) is 3. The van der Waals surface area contributed by atoms with Gasteiger partial charge in [0.2, 0.25) is 5.58 Å². The zero-order chi connectivity index (χ0) is 21.7. The standard InChI is InChI=1S/C21H24FN3O6/c1-4-13-9-24(8-12(3)30-13)17-14(20-27-5-6-28-20)7-15-18(16(17)22)31-23-19(15)25-11(2)10-29-21(25)26/h4,7,11-13,20H,1,5-6,8-10H2,2-3H3/t11-,12+,13-/m1/s1. The van der Waals surface area contributed by atoms with E-state index in [9.17, 15) is 4.79 Å². The minimum atomic E-state index is -0.736. The summed E-state index contributed by atoms with van der Waals surface area (Å²) in [7, 11) is 0. The lowest BCUT2D eigenvalue weighted by molar-refractivity contribution is -0.0443. The molecule has 3 fully saturated rings. The van der Waals surface area contributed by atoms with Gasteiger partial charge in [-0.25, -0.2) is 9.18 Å². The Morgan fingerprint density at radius 3 is 2.71 bits per heavy atom. The number of anilines is 2. The fourth-order valence-electron chi connectivity index (χ4n) is 4.36. The quantitative estimate of drug-likeness (QED) is 0.680. The van der Waals surface area contributed by atoms with Crippen molar-refractivity contribution < 1.29 is 32.7 Å². The van der Waals surface area contributed by atoms with Crippen LogP contribution in [0.1, 0.15) is 25.7 Å². The number of carbonyl (C=O) groups is 1. The van der Waals surface area contributed by atoms with Crippen molar-refractivity contribution in [3.8, 4) is 0 Å². The molecule has 5 rings (SSSR count). The molecule has 0 bridgehead atoms. The lowest BCUT2D eigenvalue weighted by atomic mass is 10.0. The SMILES string of the molecule is C=C[C@@H]1CN(c2c(C3OCCO3)cc3c(N4C(=O)OC[C@H]4C)noc3c2F)C[C@H](C)O1. The van der Waals surface area contributed by atoms with Gasteiger partial charge in [-0.05, 0) is 19.9 Å². The molecule has 9 nitrogen and oxygen atoms in total. The van der Waals surface area contributed by atoms with Gasteiger partial charge in [-0.1, -0.05) is 11.2 Å². The number of hydrogen-bond donors (Lipinski definition) is 0. The summed E-state index contributed by atoms with van der Waals surface area (Å²) in [6.45, 7) is 9.50. The van der Waals surface area contributed by atoms with Gasteiger partial charge >= 0.3 is 6.09 Å². The Labute approximate surface area is 178 Å². The van der Waals surface area contributed by atoms with Crippen molar-refractivity contribution in [2.24, 2.45) is 0 Å². The minimum Gasteiger partial charge on any atom is -0.447 e. The number of morpholine rings is 1. The Bertz CT molecular complexity index is 1020. The molecule has 0 radical (unpaired) electrons. The Balaban J connectivity index is 1.66. The highest BCUT2D eigenvalue weighted by Crippen LogP contribution is 2.42. The number of benzene rings is 1. The molecule has 4 heterocycles. The first-order valence-electron chi connectivity index (χ1n) is 10.3. The molecule has 1 aromatic heterocycles. The van der Waals surface area contributed by atoms with E-state index in [1.54, 1.807) is 12.1 Å². The Morgan fingerprint density at radius 1 is 1.26 bits per heavy atom. The maximum Gasteiger partial charge on any atom is 0.416 e. The van der Waals surface area contributed by atoms with Crippen molar-refractivity contribution >= 4 is 28.6 Å². The fourth-order valence-corrected chi connectivity index (χ4v) is 4.36. The maximum absolute atomic E-state index is 15.9. The zero-order valence-corrected chi connectivity index (χ0v) is 17.4. The molecule has 3 atom stereocenters. The monoisotopic (exact) mass is 433 g/mol. The normalized spacial score (nSPS) is 27.3. The van der Waals surface area contributed by atoms with Crippen LogP contribution in [0.25, 0.3) is 11.0 Å². The number of rotatable bonds is 4. The largest absolute Gasteiger partial charge is 0.447 e. The molecule has 10 heteroatoms. The van der Waals surface area contributed by atoms with Gasteiger partial charge in [-0.2, -0.15) is 0 Å². The lowest BCUT2D eigenvalue weighted by Gasteiger charge is -2.38. The van der Waals surface area contributed by atoms with Gasteiger partial charge in [0.15, 0.2) is 17.9 Å². The van der Waals surface area contributed by atoms with Crippen LogP contribution in [-0.2, 0) is 18.9 Å². The van der Waals surface area contributed by atoms with E-state index in [1.165, 1.54) is 4.90 Å². The topological polar surface area (TPSA) is 86.5 Å². The van der Waals surface area contributed by atoms with Crippen LogP contribution in [0.3, 0.4) is 0 Å². The molecule has 0 spiro atoms. The summed E-state index contributed by atoms with van der Waals surface area (Å²) in [6, 6.07) is 1.48. The van der Waals surface area contributed by atoms with E-state index in [0.29, 0.717) is 42.9 Å². The fraction of sp³-hybridized carbons (Fsp3) is 0.524. The van der Waals surface area contributed by atoms with Crippen molar-refractivity contribution in [1.29, 1.82) is 0 Å². The van der Waals surface area contributed by atoms with E-state index in [-0.39, 0.29) is 36.3 Å². The highest BCUT2D eigenvalue weighted by atomic mass is 19.1. The minimum absolute atomic E-state index is 0.0343. The second kappa shape index (κ2) is 7.77. The van der Waals surface area contributed by atoms with Crippen LogP contribution < -0.4 is 9.80 Å². The van der Waals surface area contributed by atoms with Crippen LogP contribution >= 0.6 is 0 Å². The number of amides is 1. The van der Waals surface area contributed by atoms with Crippen LogP contribution in [0.2, 0.25) is 0 Å².